The van der Waals surface area contributed by atoms with Crippen LogP contribution in [0.3, 0.4) is 0 Å². The highest BCUT2D eigenvalue weighted by molar-refractivity contribution is 6.42. The van der Waals surface area contributed by atoms with Crippen LogP contribution in [0.4, 0.5) is 0 Å². The van der Waals surface area contributed by atoms with Gasteiger partial charge in [-0.25, -0.2) is 0 Å². The molecule has 1 fully saturated rings. The summed E-state index contributed by atoms with van der Waals surface area (Å²) in [6.45, 7) is 1.81. The zero-order chi connectivity index (χ0) is 13.4. The van der Waals surface area contributed by atoms with Crippen LogP contribution in [0.2, 0.25) is 10.0 Å². The van der Waals surface area contributed by atoms with Gasteiger partial charge in [0.2, 0.25) is 0 Å². The number of hydrogen-bond donors (Lipinski definition) is 1. The second kappa shape index (κ2) is 4.74. The van der Waals surface area contributed by atoms with E-state index in [1.165, 1.54) is 0 Å². The summed E-state index contributed by atoms with van der Waals surface area (Å²) in [7, 11) is 0. The van der Waals surface area contributed by atoms with Crippen molar-refractivity contribution in [1.29, 1.82) is 5.26 Å². The van der Waals surface area contributed by atoms with Crippen molar-refractivity contribution in [2.75, 3.05) is 0 Å². The summed E-state index contributed by atoms with van der Waals surface area (Å²) in [5.41, 5.74) is -1.24. The normalized spacial score (nSPS) is 31.9. The van der Waals surface area contributed by atoms with Gasteiger partial charge >= 0.3 is 0 Å². The lowest BCUT2D eigenvalue weighted by Crippen LogP contribution is -2.45. The van der Waals surface area contributed by atoms with Crippen LogP contribution in [0.5, 0.6) is 0 Å². The molecule has 1 aliphatic rings. The Kier molecular flexibility index (Phi) is 3.60. The lowest BCUT2D eigenvalue weighted by atomic mass is 9.62. The minimum absolute atomic E-state index is 0.411. The first-order chi connectivity index (χ1) is 8.43. The van der Waals surface area contributed by atoms with Gasteiger partial charge in [0, 0.05) is 0 Å². The van der Waals surface area contributed by atoms with Gasteiger partial charge in [0.1, 0.15) is 5.60 Å². The van der Waals surface area contributed by atoms with E-state index in [2.05, 4.69) is 6.07 Å². The Hall–Kier alpha value is -0.750. The summed E-state index contributed by atoms with van der Waals surface area (Å²) < 4.78 is 0. The van der Waals surface area contributed by atoms with Crippen molar-refractivity contribution in [3.63, 3.8) is 0 Å². The average Bonchev–Trinajstić information content (AvgIpc) is 2.36. The van der Waals surface area contributed by atoms with Crippen LogP contribution in [0.15, 0.2) is 18.2 Å². The average molecular weight is 284 g/mol. The summed E-state index contributed by atoms with van der Waals surface area (Å²) >= 11 is 11.9. The summed E-state index contributed by atoms with van der Waals surface area (Å²) in [6, 6.07) is 7.38. The van der Waals surface area contributed by atoms with Crippen molar-refractivity contribution < 1.29 is 5.11 Å². The van der Waals surface area contributed by atoms with Gasteiger partial charge in [-0.1, -0.05) is 42.1 Å². The van der Waals surface area contributed by atoms with Gasteiger partial charge in [-0.3, -0.25) is 0 Å². The summed E-state index contributed by atoms with van der Waals surface area (Å²) in [5.74, 6) is 0. The van der Waals surface area contributed by atoms with Crippen molar-refractivity contribution in [3.8, 4) is 6.07 Å². The molecule has 1 N–H and O–H groups in total. The number of nitrogens with zero attached hydrogens (tertiary/aromatic N) is 1. The van der Waals surface area contributed by atoms with Gasteiger partial charge in [-0.15, -0.1) is 0 Å². The van der Waals surface area contributed by atoms with Crippen molar-refractivity contribution in [2.45, 2.75) is 38.2 Å². The molecule has 96 valence electrons. The molecule has 18 heavy (non-hydrogen) atoms. The number of hydrogen-bond acceptors (Lipinski definition) is 2. The molecule has 1 aliphatic carbocycles. The van der Waals surface area contributed by atoms with Crippen LogP contribution >= 0.6 is 23.2 Å². The maximum atomic E-state index is 11.0. The highest BCUT2D eigenvalue weighted by Crippen LogP contribution is 2.50. The summed E-state index contributed by atoms with van der Waals surface area (Å²) in [5, 5.41) is 21.2. The predicted octanol–water partition coefficient (Wildman–Crippen LogP) is 4.28. The van der Waals surface area contributed by atoms with E-state index in [4.69, 9.17) is 23.2 Å². The molecule has 1 aromatic carbocycles. The van der Waals surface area contributed by atoms with E-state index in [9.17, 15) is 10.4 Å². The molecule has 1 saturated carbocycles. The molecule has 0 spiro atoms. The predicted molar refractivity (Wildman–Crippen MR) is 72.5 cm³/mol. The molecule has 4 heteroatoms. The molecule has 2 rings (SSSR count). The van der Waals surface area contributed by atoms with Crippen LogP contribution in [0.25, 0.3) is 0 Å². The second-order valence-corrected chi connectivity index (χ2v) is 5.95. The molecule has 0 heterocycles. The molecular weight excluding hydrogens is 269 g/mol. The van der Waals surface area contributed by atoms with Crippen molar-refractivity contribution in [2.24, 2.45) is 5.41 Å². The quantitative estimate of drug-likeness (QED) is 0.836. The molecule has 2 nitrogen and oxygen atoms in total. The van der Waals surface area contributed by atoms with Gasteiger partial charge in [0.05, 0.1) is 21.5 Å². The monoisotopic (exact) mass is 283 g/mol. The lowest BCUT2D eigenvalue weighted by molar-refractivity contribution is -0.0835. The van der Waals surface area contributed by atoms with E-state index in [1.807, 2.05) is 6.92 Å². The van der Waals surface area contributed by atoms with Crippen molar-refractivity contribution in [1.82, 2.24) is 0 Å². The van der Waals surface area contributed by atoms with Crippen LogP contribution < -0.4 is 0 Å². The van der Waals surface area contributed by atoms with E-state index in [-0.39, 0.29) is 0 Å². The number of rotatable bonds is 1. The van der Waals surface area contributed by atoms with Crippen LogP contribution in [-0.4, -0.2) is 5.11 Å². The standard InChI is InChI=1S/C14H15Cl2NO/c1-13(9-17)6-2-3-7-14(13,18)10-4-5-11(15)12(16)8-10/h4-5,8,18H,2-3,6-7H2,1H3/t13-,14+/m0/s1. The first-order valence-electron chi connectivity index (χ1n) is 6.02. The smallest absolute Gasteiger partial charge is 0.108 e. The Labute approximate surface area is 117 Å². The fraction of sp³-hybridized carbons (Fsp3) is 0.500. The van der Waals surface area contributed by atoms with E-state index in [1.54, 1.807) is 18.2 Å². The molecule has 1 aromatic rings. The van der Waals surface area contributed by atoms with E-state index < -0.39 is 11.0 Å². The number of benzene rings is 1. The molecule has 0 saturated heterocycles. The van der Waals surface area contributed by atoms with Crippen LogP contribution in [0.1, 0.15) is 38.2 Å². The lowest BCUT2D eigenvalue weighted by Gasteiger charge is -2.44. The van der Waals surface area contributed by atoms with Gasteiger partial charge in [0.15, 0.2) is 0 Å². The highest BCUT2D eigenvalue weighted by atomic mass is 35.5. The SMILES string of the molecule is C[C@@]1(C#N)CCCC[C@@]1(O)c1ccc(Cl)c(Cl)c1. The fourth-order valence-electron chi connectivity index (χ4n) is 2.71. The third-order valence-corrected chi connectivity index (χ3v) is 4.76. The molecule has 0 bridgehead atoms. The summed E-state index contributed by atoms with van der Waals surface area (Å²) in [6.07, 6.45) is 3.15. The third kappa shape index (κ3) is 2.01. The molecule has 0 radical (unpaired) electrons. The third-order valence-electron chi connectivity index (χ3n) is 4.02. The molecule has 0 aromatic heterocycles. The molecule has 0 unspecified atom stereocenters. The second-order valence-electron chi connectivity index (χ2n) is 5.14. The Bertz CT molecular complexity index is 511. The first kappa shape index (κ1) is 13.7. The Morgan fingerprint density at radius 1 is 1.22 bits per heavy atom. The topological polar surface area (TPSA) is 44.0 Å². The summed E-state index contributed by atoms with van der Waals surface area (Å²) in [4.78, 5) is 0. The molecule has 0 aliphatic heterocycles. The number of nitriles is 1. The highest BCUT2D eigenvalue weighted by Gasteiger charge is 2.50. The number of halogens is 2. The van der Waals surface area contributed by atoms with Crippen LogP contribution in [-0.2, 0) is 5.60 Å². The van der Waals surface area contributed by atoms with E-state index >= 15 is 0 Å². The van der Waals surface area contributed by atoms with E-state index in [0.717, 1.165) is 12.8 Å². The fourth-order valence-corrected chi connectivity index (χ4v) is 3.00. The van der Waals surface area contributed by atoms with Crippen molar-refractivity contribution in [3.05, 3.63) is 33.8 Å². The van der Waals surface area contributed by atoms with Crippen LogP contribution in [0, 0.1) is 16.7 Å². The Balaban J connectivity index is 2.51. The van der Waals surface area contributed by atoms with E-state index in [0.29, 0.717) is 28.5 Å². The molecular formula is C14H15Cl2NO. The largest absolute Gasteiger partial charge is 0.383 e. The maximum absolute atomic E-state index is 11.0. The molecule has 0 amide bonds. The minimum Gasteiger partial charge on any atom is -0.383 e. The zero-order valence-electron chi connectivity index (χ0n) is 10.2. The minimum atomic E-state index is -1.14. The Morgan fingerprint density at radius 2 is 1.89 bits per heavy atom. The molecule has 2 atom stereocenters. The van der Waals surface area contributed by atoms with Gasteiger partial charge in [-0.05, 0) is 37.5 Å². The van der Waals surface area contributed by atoms with Gasteiger partial charge in [0.25, 0.3) is 0 Å². The van der Waals surface area contributed by atoms with Gasteiger partial charge < -0.3 is 5.11 Å². The zero-order valence-corrected chi connectivity index (χ0v) is 11.7. The number of aliphatic hydroxyl groups is 1. The maximum Gasteiger partial charge on any atom is 0.108 e. The first-order valence-corrected chi connectivity index (χ1v) is 6.78. The van der Waals surface area contributed by atoms with Crippen molar-refractivity contribution >= 4 is 23.2 Å². The van der Waals surface area contributed by atoms with Gasteiger partial charge in [-0.2, -0.15) is 5.26 Å². The Morgan fingerprint density at radius 3 is 2.50 bits per heavy atom.